The topological polar surface area (TPSA) is 106 Å². The summed E-state index contributed by atoms with van der Waals surface area (Å²) in [7, 11) is -3.67. The highest BCUT2D eigenvalue weighted by atomic mass is 32.2. The average molecular weight is 311 g/mol. The summed E-state index contributed by atoms with van der Waals surface area (Å²) in [5, 5.41) is 0. The van der Waals surface area contributed by atoms with Gasteiger partial charge in [0.1, 0.15) is 4.90 Å². The zero-order chi connectivity index (χ0) is 15.8. The van der Waals surface area contributed by atoms with Gasteiger partial charge in [0, 0.05) is 18.2 Å². The molecule has 0 bridgehead atoms. The second-order valence-corrected chi connectivity index (χ2v) is 7.59. The van der Waals surface area contributed by atoms with Crippen LogP contribution in [-0.2, 0) is 10.0 Å². The maximum atomic E-state index is 12.8. The van der Waals surface area contributed by atoms with Gasteiger partial charge in [-0.3, -0.25) is 4.79 Å². The van der Waals surface area contributed by atoms with Gasteiger partial charge >= 0.3 is 0 Å². The third-order valence-electron chi connectivity index (χ3n) is 3.59. The van der Waals surface area contributed by atoms with Crippen LogP contribution in [0.3, 0.4) is 0 Å². The highest BCUT2D eigenvalue weighted by molar-refractivity contribution is 7.89. The molecule has 0 radical (unpaired) electrons. The number of primary amides is 1. The van der Waals surface area contributed by atoms with Gasteiger partial charge in [0.05, 0.1) is 5.69 Å². The molecule has 0 aliphatic heterocycles. The summed E-state index contributed by atoms with van der Waals surface area (Å²) in [5.41, 5.74) is 11.2. The first-order valence-electron chi connectivity index (χ1n) is 6.94. The van der Waals surface area contributed by atoms with Gasteiger partial charge in [-0.25, -0.2) is 8.42 Å². The van der Waals surface area contributed by atoms with E-state index in [1.54, 1.807) is 0 Å². The Hall–Kier alpha value is -1.60. The number of nitrogens with two attached hydrogens (primary N) is 2. The summed E-state index contributed by atoms with van der Waals surface area (Å²) in [6, 6.07) is 3.91. The fourth-order valence-electron chi connectivity index (χ4n) is 2.20. The highest BCUT2D eigenvalue weighted by Gasteiger charge is 2.34. The van der Waals surface area contributed by atoms with Crippen molar-refractivity contribution in [1.29, 1.82) is 0 Å². The first kappa shape index (κ1) is 15.8. The van der Waals surface area contributed by atoms with Gasteiger partial charge in [-0.15, -0.1) is 0 Å². The van der Waals surface area contributed by atoms with Crippen molar-refractivity contribution in [3.05, 3.63) is 23.8 Å². The summed E-state index contributed by atoms with van der Waals surface area (Å²) >= 11 is 0. The SMILES string of the molecule is CC(C)N(CC1CC1)S(=O)(=O)c1ccc(C(N)=O)cc1N. The maximum Gasteiger partial charge on any atom is 0.248 e. The number of rotatable bonds is 6. The van der Waals surface area contributed by atoms with Crippen molar-refractivity contribution in [3.8, 4) is 0 Å². The largest absolute Gasteiger partial charge is 0.398 e. The van der Waals surface area contributed by atoms with Crippen molar-refractivity contribution >= 4 is 21.6 Å². The van der Waals surface area contributed by atoms with Crippen molar-refractivity contribution in [3.63, 3.8) is 0 Å². The lowest BCUT2D eigenvalue weighted by Gasteiger charge is -2.26. The lowest BCUT2D eigenvalue weighted by atomic mass is 10.2. The van der Waals surface area contributed by atoms with E-state index in [0.29, 0.717) is 12.5 Å². The third kappa shape index (κ3) is 3.36. The minimum Gasteiger partial charge on any atom is -0.398 e. The molecule has 1 aromatic carbocycles. The number of amides is 1. The number of nitrogen functional groups attached to an aromatic ring is 1. The van der Waals surface area contributed by atoms with Gasteiger partial charge < -0.3 is 11.5 Å². The molecule has 2 rings (SSSR count). The second-order valence-electron chi connectivity index (χ2n) is 5.73. The lowest BCUT2D eigenvalue weighted by molar-refractivity contribution is 0.1000. The Morgan fingerprint density at radius 2 is 2.00 bits per heavy atom. The first-order chi connectivity index (χ1) is 9.73. The van der Waals surface area contributed by atoms with Crippen LogP contribution in [0.15, 0.2) is 23.1 Å². The summed E-state index contributed by atoms with van der Waals surface area (Å²) in [6.07, 6.45) is 2.13. The van der Waals surface area contributed by atoms with Crippen molar-refractivity contribution in [2.45, 2.75) is 37.6 Å². The van der Waals surface area contributed by atoms with Gasteiger partial charge in [-0.2, -0.15) is 4.31 Å². The number of carbonyl (C=O) groups is 1. The van der Waals surface area contributed by atoms with Crippen LogP contribution in [0.2, 0.25) is 0 Å². The van der Waals surface area contributed by atoms with Crippen LogP contribution >= 0.6 is 0 Å². The van der Waals surface area contributed by atoms with E-state index in [4.69, 9.17) is 11.5 Å². The Morgan fingerprint density at radius 3 is 2.43 bits per heavy atom. The molecule has 1 saturated carbocycles. The standard InChI is InChI=1S/C14H21N3O3S/c1-9(2)17(8-10-3-4-10)21(19,20)13-6-5-11(14(16)18)7-12(13)15/h5-7,9-10H,3-4,8,15H2,1-2H3,(H2,16,18). The molecular weight excluding hydrogens is 290 g/mol. The number of benzene rings is 1. The molecular formula is C14H21N3O3S. The predicted octanol–water partition coefficient (Wildman–Crippen LogP) is 1.18. The summed E-state index contributed by atoms with van der Waals surface area (Å²) in [6.45, 7) is 4.19. The van der Waals surface area contributed by atoms with E-state index in [9.17, 15) is 13.2 Å². The van der Waals surface area contributed by atoms with Gasteiger partial charge in [0.15, 0.2) is 0 Å². The number of anilines is 1. The fourth-order valence-corrected chi connectivity index (χ4v) is 4.02. The molecule has 4 N–H and O–H groups in total. The van der Waals surface area contributed by atoms with Gasteiger partial charge in [-0.1, -0.05) is 0 Å². The van der Waals surface area contributed by atoms with E-state index < -0.39 is 15.9 Å². The number of hydrogen-bond acceptors (Lipinski definition) is 4. The molecule has 0 atom stereocenters. The van der Waals surface area contributed by atoms with Crippen LogP contribution in [0.4, 0.5) is 5.69 Å². The molecule has 0 unspecified atom stereocenters. The van der Waals surface area contributed by atoms with Gasteiger partial charge in [-0.05, 0) is 50.8 Å². The molecule has 0 saturated heterocycles. The fraction of sp³-hybridized carbons (Fsp3) is 0.500. The zero-order valence-electron chi connectivity index (χ0n) is 12.2. The molecule has 0 heterocycles. The molecule has 6 nitrogen and oxygen atoms in total. The van der Waals surface area contributed by atoms with Gasteiger partial charge in [0.2, 0.25) is 15.9 Å². The highest BCUT2D eigenvalue weighted by Crippen LogP contribution is 2.33. The molecule has 0 aromatic heterocycles. The van der Waals surface area contributed by atoms with E-state index >= 15 is 0 Å². The van der Waals surface area contributed by atoms with Gasteiger partial charge in [0.25, 0.3) is 0 Å². The minimum atomic E-state index is -3.67. The molecule has 0 spiro atoms. The first-order valence-corrected chi connectivity index (χ1v) is 8.38. The van der Waals surface area contributed by atoms with Crippen LogP contribution in [0, 0.1) is 5.92 Å². The predicted molar refractivity (Wildman–Crippen MR) is 81.1 cm³/mol. The van der Waals surface area contributed by atoms with Crippen molar-refractivity contribution in [2.75, 3.05) is 12.3 Å². The molecule has 1 aromatic rings. The molecule has 1 aliphatic rings. The summed E-state index contributed by atoms with van der Waals surface area (Å²) in [4.78, 5) is 11.1. The number of nitrogens with zero attached hydrogens (tertiary/aromatic N) is 1. The van der Waals surface area contributed by atoms with Crippen molar-refractivity contribution in [2.24, 2.45) is 11.7 Å². The van der Waals surface area contributed by atoms with E-state index in [2.05, 4.69) is 0 Å². The Kier molecular flexibility index (Phi) is 4.25. The van der Waals surface area contributed by atoms with E-state index in [-0.39, 0.29) is 22.2 Å². The minimum absolute atomic E-state index is 0.0295. The Balaban J connectivity index is 2.39. The molecule has 21 heavy (non-hydrogen) atoms. The van der Waals surface area contributed by atoms with Crippen LogP contribution in [-0.4, -0.2) is 31.2 Å². The lowest BCUT2D eigenvalue weighted by Crippen LogP contribution is -2.38. The molecule has 1 aliphatic carbocycles. The number of sulfonamides is 1. The third-order valence-corrected chi connectivity index (χ3v) is 5.71. The van der Waals surface area contributed by atoms with E-state index in [1.165, 1.54) is 22.5 Å². The monoisotopic (exact) mass is 311 g/mol. The quantitative estimate of drug-likeness (QED) is 0.769. The number of hydrogen-bond donors (Lipinski definition) is 2. The van der Waals surface area contributed by atoms with Crippen LogP contribution in [0.1, 0.15) is 37.0 Å². The van der Waals surface area contributed by atoms with Crippen molar-refractivity contribution < 1.29 is 13.2 Å². The zero-order valence-corrected chi connectivity index (χ0v) is 13.1. The molecule has 7 heteroatoms. The smallest absolute Gasteiger partial charge is 0.248 e. The van der Waals surface area contributed by atoms with E-state index in [1.807, 2.05) is 13.8 Å². The molecule has 1 fully saturated rings. The maximum absolute atomic E-state index is 12.8. The number of carbonyl (C=O) groups excluding carboxylic acids is 1. The van der Waals surface area contributed by atoms with Crippen LogP contribution in [0.25, 0.3) is 0 Å². The van der Waals surface area contributed by atoms with E-state index in [0.717, 1.165) is 12.8 Å². The summed E-state index contributed by atoms with van der Waals surface area (Å²) in [5.74, 6) is -0.197. The van der Waals surface area contributed by atoms with Crippen LogP contribution in [0.5, 0.6) is 0 Å². The van der Waals surface area contributed by atoms with Crippen LogP contribution < -0.4 is 11.5 Å². The average Bonchev–Trinajstić information content (AvgIpc) is 3.18. The summed E-state index contributed by atoms with van der Waals surface area (Å²) < 4.78 is 27.0. The molecule has 116 valence electrons. The molecule has 1 amide bonds. The van der Waals surface area contributed by atoms with Crippen molar-refractivity contribution in [1.82, 2.24) is 4.31 Å². The normalized spacial score (nSPS) is 15.6. The Morgan fingerprint density at radius 1 is 1.38 bits per heavy atom. The second kappa shape index (κ2) is 5.65. The Bertz CT molecular complexity index is 651. The Labute approximate surface area is 125 Å².